The summed E-state index contributed by atoms with van der Waals surface area (Å²) in [4.78, 5) is 11.4. The molecule has 1 aliphatic rings. The van der Waals surface area contributed by atoms with E-state index in [1.54, 1.807) is 7.11 Å². The van der Waals surface area contributed by atoms with E-state index in [-0.39, 0.29) is 0 Å². The van der Waals surface area contributed by atoms with Crippen molar-refractivity contribution in [3.63, 3.8) is 0 Å². The number of morpholine rings is 1. The summed E-state index contributed by atoms with van der Waals surface area (Å²) in [6, 6.07) is 10.1. The highest BCUT2D eigenvalue weighted by molar-refractivity contribution is 5.47. The fourth-order valence-corrected chi connectivity index (χ4v) is 3.15. The van der Waals surface area contributed by atoms with Crippen LogP contribution in [0.2, 0.25) is 0 Å². The van der Waals surface area contributed by atoms with Gasteiger partial charge in [-0.1, -0.05) is 18.2 Å². The van der Waals surface area contributed by atoms with E-state index in [9.17, 15) is 0 Å². The van der Waals surface area contributed by atoms with Crippen molar-refractivity contribution in [2.45, 2.75) is 13.3 Å². The Hall–Kier alpha value is -2.38. The lowest BCUT2D eigenvalue weighted by atomic mass is 10.1. The molecule has 1 fully saturated rings. The standard InChI is InChI=1S/C20H29N5O2/c1-16-23-19(21-8-7-17-5-3-4-6-18(17)26-2)15-20(24-16)22-9-10-25-11-13-27-14-12-25/h3-6,15H,7-14H2,1-2H3,(H2,21,22,23,24). The lowest BCUT2D eigenvalue weighted by Crippen LogP contribution is -2.39. The fraction of sp³-hybridized carbons (Fsp3) is 0.500. The average Bonchev–Trinajstić information content (AvgIpc) is 2.69. The molecule has 1 aromatic heterocycles. The first-order valence-electron chi connectivity index (χ1n) is 9.50. The van der Waals surface area contributed by atoms with E-state index >= 15 is 0 Å². The monoisotopic (exact) mass is 371 g/mol. The third kappa shape index (κ3) is 6.08. The second kappa shape index (κ2) is 10.1. The Morgan fingerprint density at radius 2 is 1.78 bits per heavy atom. The summed E-state index contributed by atoms with van der Waals surface area (Å²) in [5.41, 5.74) is 1.18. The van der Waals surface area contributed by atoms with Crippen molar-refractivity contribution in [1.82, 2.24) is 14.9 Å². The van der Waals surface area contributed by atoms with Gasteiger partial charge in [-0.2, -0.15) is 0 Å². The zero-order chi connectivity index (χ0) is 18.9. The Labute approximate surface area is 161 Å². The summed E-state index contributed by atoms with van der Waals surface area (Å²) in [6.07, 6.45) is 0.868. The summed E-state index contributed by atoms with van der Waals surface area (Å²) in [7, 11) is 1.70. The van der Waals surface area contributed by atoms with E-state index in [1.807, 2.05) is 31.2 Å². The smallest absolute Gasteiger partial charge is 0.131 e. The maximum Gasteiger partial charge on any atom is 0.131 e. The number of benzene rings is 1. The third-order valence-electron chi connectivity index (χ3n) is 4.57. The van der Waals surface area contributed by atoms with Crippen molar-refractivity contribution in [2.24, 2.45) is 0 Å². The number of aryl methyl sites for hydroxylation is 1. The number of rotatable bonds is 9. The van der Waals surface area contributed by atoms with Gasteiger partial charge in [0, 0.05) is 38.8 Å². The highest BCUT2D eigenvalue weighted by atomic mass is 16.5. The number of aromatic nitrogens is 2. The van der Waals surface area contributed by atoms with E-state index in [4.69, 9.17) is 9.47 Å². The van der Waals surface area contributed by atoms with Crippen LogP contribution in [0.1, 0.15) is 11.4 Å². The molecular formula is C20H29N5O2. The number of nitrogens with one attached hydrogen (secondary N) is 2. The van der Waals surface area contributed by atoms with Crippen LogP contribution in [0.25, 0.3) is 0 Å². The maximum absolute atomic E-state index is 5.41. The zero-order valence-corrected chi connectivity index (χ0v) is 16.2. The summed E-state index contributed by atoms with van der Waals surface area (Å²) in [5.74, 6) is 3.37. The van der Waals surface area contributed by atoms with Crippen LogP contribution >= 0.6 is 0 Å². The van der Waals surface area contributed by atoms with Crippen molar-refractivity contribution >= 4 is 11.6 Å². The van der Waals surface area contributed by atoms with Crippen molar-refractivity contribution < 1.29 is 9.47 Å². The molecular weight excluding hydrogens is 342 g/mol. The van der Waals surface area contributed by atoms with E-state index in [0.29, 0.717) is 0 Å². The molecule has 2 aromatic rings. The van der Waals surface area contributed by atoms with Gasteiger partial charge in [0.15, 0.2) is 0 Å². The molecule has 1 saturated heterocycles. The molecule has 2 N–H and O–H groups in total. The molecule has 0 spiro atoms. The first-order valence-corrected chi connectivity index (χ1v) is 9.50. The largest absolute Gasteiger partial charge is 0.496 e. The SMILES string of the molecule is COc1ccccc1CCNc1cc(NCCN2CCOCC2)nc(C)n1. The minimum Gasteiger partial charge on any atom is -0.496 e. The number of anilines is 2. The Bertz CT molecular complexity index is 719. The Balaban J connectivity index is 1.49. The Morgan fingerprint density at radius 1 is 1.07 bits per heavy atom. The minimum atomic E-state index is 0.756. The minimum absolute atomic E-state index is 0.756. The van der Waals surface area contributed by atoms with Crippen LogP contribution in [-0.2, 0) is 11.2 Å². The molecule has 27 heavy (non-hydrogen) atoms. The number of hydrogen-bond acceptors (Lipinski definition) is 7. The maximum atomic E-state index is 5.41. The summed E-state index contributed by atoms with van der Waals surface area (Å²) < 4.78 is 10.8. The van der Waals surface area contributed by atoms with Gasteiger partial charge in [-0.15, -0.1) is 0 Å². The van der Waals surface area contributed by atoms with Gasteiger partial charge in [0.1, 0.15) is 23.2 Å². The Morgan fingerprint density at radius 3 is 2.52 bits per heavy atom. The highest BCUT2D eigenvalue weighted by Gasteiger charge is 2.10. The Kier molecular flexibility index (Phi) is 7.24. The van der Waals surface area contributed by atoms with E-state index in [0.717, 1.165) is 75.6 Å². The molecule has 0 unspecified atom stereocenters. The second-order valence-corrected chi connectivity index (χ2v) is 6.56. The molecule has 7 nitrogen and oxygen atoms in total. The van der Waals surface area contributed by atoms with Gasteiger partial charge in [-0.3, -0.25) is 4.90 Å². The lowest BCUT2D eigenvalue weighted by molar-refractivity contribution is 0.0398. The van der Waals surface area contributed by atoms with Gasteiger partial charge < -0.3 is 20.1 Å². The predicted octanol–water partition coefficient (Wildman–Crippen LogP) is 2.19. The second-order valence-electron chi connectivity index (χ2n) is 6.56. The first-order chi connectivity index (χ1) is 13.2. The molecule has 0 atom stereocenters. The molecule has 146 valence electrons. The van der Waals surface area contributed by atoms with Crippen LogP contribution in [0, 0.1) is 6.92 Å². The molecule has 0 bridgehead atoms. The number of nitrogens with zero attached hydrogens (tertiary/aromatic N) is 3. The molecule has 0 radical (unpaired) electrons. The van der Waals surface area contributed by atoms with Crippen LogP contribution in [-0.4, -0.2) is 67.9 Å². The molecule has 1 aromatic carbocycles. The number of methoxy groups -OCH3 is 1. The average molecular weight is 371 g/mol. The molecule has 3 rings (SSSR count). The topological polar surface area (TPSA) is 71.5 Å². The van der Waals surface area contributed by atoms with Gasteiger partial charge in [-0.05, 0) is 25.0 Å². The van der Waals surface area contributed by atoms with Gasteiger partial charge in [0.05, 0.1) is 20.3 Å². The van der Waals surface area contributed by atoms with Gasteiger partial charge in [-0.25, -0.2) is 9.97 Å². The predicted molar refractivity (Wildman–Crippen MR) is 108 cm³/mol. The van der Waals surface area contributed by atoms with Crippen molar-refractivity contribution in [2.75, 3.05) is 63.7 Å². The van der Waals surface area contributed by atoms with Crippen LogP contribution in [0.5, 0.6) is 5.75 Å². The number of para-hydroxylation sites is 1. The van der Waals surface area contributed by atoms with Crippen molar-refractivity contribution in [1.29, 1.82) is 0 Å². The molecule has 0 aliphatic carbocycles. The van der Waals surface area contributed by atoms with Crippen LogP contribution in [0.15, 0.2) is 30.3 Å². The van der Waals surface area contributed by atoms with E-state index in [1.165, 1.54) is 5.56 Å². The van der Waals surface area contributed by atoms with Crippen LogP contribution < -0.4 is 15.4 Å². The van der Waals surface area contributed by atoms with E-state index < -0.39 is 0 Å². The third-order valence-corrected chi connectivity index (χ3v) is 4.57. The lowest BCUT2D eigenvalue weighted by Gasteiger charge is -2.26. The molecule has 2 heterocycles. The fourth-order valence-electron chi connectivity index (χ4n) is 3.15. The molecule has 1 aliphatic heterocycles. The van der Waals surface area contributed by atoms with Crippen LogP contribution in [0.4, 0.5) is 11.6 Å². The summed E-state index contributed by atoms with van der Waals surface area (Å²) >= 11 is 0. The number of hydrogen-bond donors (Lipinski definition) is 2. The van der Waals surface area contributed by atoms with Gasteiger partial charge in [0.25, 0.3) is 0 Å². The summed E-state index contributed by atoms with van der Waals surface area (Å²) in [5, 5.41) is 6.80. The molecule has 7 heteroatoms. The van der Waals surface area contributed by atoms with E-state index in [2.05, 4.69) is 31.6 Å². The molecule has 0 amide bonds. The van der Waals surface area contributed by atoms with Gasteiger partial charge in [0.2, 0.25) is 0 Å². The van der Waals surface area contributed by atoms with Crippen LogP contribution in [0.3, 0.4) is 0 Å². The zero-order valence-electron chi connectivity index (χ0n) is 16.2. The summed E-state index contributed by atoms with van der Waals surface area (Å²) in [6.45, 7) is 8.20. The first kappa shape index (κ1) is 19.4. The van der Waals surface area contributed by atoms with Gasteiger partial charge >= 0.3 is 0 Å². The van der Waals surface area contributed by atoms with Crippen molar-refractivity contribution in [3.8, 4) is 5.75 Å². The normalized spacial score (nSPS) is 14.7. The highest BCUT2D eigenvalue weighted by Crippen LogP contribution is 2.18. The molecule has 0 saturated carbocycles. The number of ether oxygens (including phenoxy) is 2. The quantitative estimate of drug-likeness (QED) is 0.700. The van der Waals surface area contributed by atoms with Crippen molar-refractivity contribution in [3.05, 3.63) is 41.7 Å².